The van der Waals surface area contributed by atoms with Crippen LogP contribution in [0.15, 0.2) is 10.6 Å². The minimum atomic E-state index is -0.985. The summed E-state index contributed by atoms with van der Waals surface area (Å²) in [6.07, 6.45) is 1.16. The number of ether oxygens (including phenoxy) is 1. The molecule has 18 heavy (non-hydrogen) atoms. The largest absolute Gasteiger partial charge is 0.480 e. The van der Waals surface area contributed by atoms with Crippen molar-refractivity contribution in [2.75, 3.05) is 13.7 Å². The molecule has 1 amide bonds. The Kier molecular flexibility index (Phi) is 3.61. The third-order valence-electron chi connectivity index (χ3n) is 2.86. The van der Waals surface area contributed by atoms with E-state index in [1.165, 1.54) is 18.1 Å². The third kappa shape index (κ3) is 2.35. The molecule has 1 aliphatic rings. The van der Waals surface area contributed by atoms with Gasteiger partial charge in [-0.25, -0.2) is 4.79 Å². The molecule has 2 heterocycles. The Hall–Kier alpha value is -1.89. The molecule has 1 saturated heterocycles. The fourth-order valence-electron chi connectivity index (χ4n) is 2.04. The van der Waals surface area contributed by atoms with Crippen LogP contribution in [-0.4, -0.2) is 46.7 Å². The molecule has 0 aromatic carbocycles. The van der Waals surface area contributed by atoms with Crippen LogP contribution in [0, 0.1) is 0 Å². The number of rotatable bonds is 4. The van der Waals surface area contributed by atoms with E-state index < -0.39 is 17.9 Å². The number of carbonyl (C=O) groups is 2. The molecule has 1 unspecified atom stereocenters. The van der Waals surface area contributed by atoms with Gasteiger partial charge in [-0.2, -0.15) is 0 Å². The fourth-order valence-corrected chi connectivity index (χ4v) is 2.04. The van der Waals surface area contributed by atoms with Crippen LogP contribution < -0.4 is 0 Å². The van der Waals surface area contributed by atoms with Crippen molar-refractivity contribution >= 4 is 11.9 Å². The third-order valence-corrected chi connectivity index (χ3v) is 2.86. The first kappa shape index (κ1) is 12.6. The quantitative estimate of drug-likeness (QED) is 0.841. The summed E-state index contributed by atoms with van der Waals surface area (Å²) in [5.74, 6) is -0.959. The van der Waals surface area contributed by atoms with Gasteiger partial charge in [0.25, 0.3) is 5.91 Å². The minimum absolute atomic E-state index is 0.121. The smallest absolute Gasteiger partial charge is 0.326 e. The topological polar surface area (TPSA) is 92.9 Å². The molecule has 7 nitrogen and oxygen atoms in total. The van der Waals surface area contributed by atoms with Crippen LogP contribution in [0.25, 0.3) is 0 Å². The van der Waals surface area contributed by atoms with Crippen molar-refractivity contribution in [1.82, 2.24) is 10.1 Å². The van der Waals surface area contributed by atoms with Crippen LogP contribution in [0.1, 0.15) is 29.1 Å². The number of nitrogens with zero attached hydrogens (tertiary/aromatic N) is 2. The molecule has 1 aromatic rings. The summed E-state index contributed by atoms with van der Waals surface area (Å²) in [6, 6.07) is 0.711. The molecule has 1 N–H and O–H groups in total. The molecule has 0 saturated carbocycles. The van der Waals surface area contributed by atoms with Crippen LogP contribution in [0.3, 0.4) is 0 Å². The number of likely N-dealkylation sites (tertiary alicyclic amines) is 1. The number of hydrogen-bond donors (Lipinski definition) is 1. The molecule has 1 aromatic heterocycles. The Labute approximate surface area is 103 Å². The highest BCUT2D eigenvalue weighted by atomic mass is 16.5. The SMILES string of the molecule is COCc1cc(C(=O)N2CCCC2C(=O)O)no1. The molecule has 0 aliphatic carbocycles. The Morgan fingerprint density at radius 3 is 3.11 bits per heavy atom. The van der Waals surface area contributed by atoms with Crippen molar-refractivity contribution in [3.8, 4) is 0 Å². The number of carbonyl (C=O) groups excluding carboxylic acids is 1. The molecule has 0 bridgehead atoms. The molecule has 98 valence electrons. The van der Waals surface area contributed by atoms with E-state index in [4.69, 9.17) is 14.4 Å². The normalized spacial score (nSPS) is 19.2. The molecule has 0 spiro atoms. The summed E-state index contributed by atoms with van der Waals surface area (Å²) in [4.78, 5) is 24.4. The molecule has 1 aliphatic heterocycles. The summed E-state index contributed by atoms with van der Waals surface area (Å²) >= 11 is 0. The van der Waals surface area contributed by atoms with E-state index >= 15 is 0 Å². The maximum absolute atomic E-state index is 12.1. The van der Waals surface area contributed by atoms with Gasteiger partial charge in [0.1, 0.15) is 12.6 Å². The van der Waals surface area contributed by atoms with Gasteiger partial charge in [-0.1, -0.05) is 5.16 Å². The molecule has 1 atom stereocenters. The Balaban J connectivity index is 2.12. The van der Waals surface area contributed by atoms with Crippen LogP contribution in [-0.2, 0) is 16.1 Å². The maximum atomic E-state index is 12.1. The highest BCUT2D eigenvalue weighted by Gasteiger charge is 2.35. The minimum Gasteiger partial charge on any atom is -0.480 e. The van der Waals surface area contributed by atoms with Crippen LogP contribution >= 0.6 is 0 Å². The fraction of sp³-hybridized carbons (Fsp3) is 0.545. The van der Waals surface area contributed by atoms with Gasteiger partial charge in [0.15, 0.2) is 11.5 Å². The Bertz CT molecular complexity index is 456. The number of methoxy groups -OCH3 is 1. The predicted octanol–water partition coefficient (Wildman–Crippen LogP) is 0.510. The number of amides is 1. The lowest BCUT2D eigenvalue weighted by molar-refractivity contribution is -0.141. The van der Waals surface area contributed by atoms with E-state index in [9.17, 15) is 9.59 Å². The number of carboxylic acids is 1. The maximum Gasteiger partial charge on any atom is 0.326 e. The lowest BCUT2D eigenvalue weighted by Crippen LogP contribution is -2.40. The van der Waals surface area contributed by atoms with Crippen LogP contribution in [0.2, 0.25) is 0 Å². The molecule has 2 rings (SSSR count). The van der Waals surface area contributed by atoms with E-state index in [0.717, 1.165) is 0 Å². The van der Waals surface area contributed by atoms with Gasteiger partial charge in [0, 0.05) is 19.7 Å². The van der Waals surface area contributed by atoms with Crippen molar-refractivity contribution in [3.63, 3.8) is 0 Å². The predicted molar refractivity (Wildman–Crippen MR) is 58.9 cm³/mol. The zero-order valence-corrected chi connectivity index (χ0v) is 9.96. The number of carboxylic acid groups (broad SMARTS) is 1. The van der Waals surface area contributed by atoms with E-state index in [0.29, 0.717) is 25.1 Å². The first-order chi connectivity index (χ1) is 8.63. The first-order valence-corrected chi connectivity index (χ1v) is 5.61. The van der Waals surface area contributed by atoms with Gasteiger partial charge >= 0.3 is 5.97 Å². The molecule has 0 radical (unpaired) electrons. The highest BCUT2D eigenvalue weighted by Crippen LogP contribution is 2.20. The van der Waals surface area contributed by atoms with Crippen molar-refractivity contribution in [1.29, 1.82) is 0 Å². The summed E-state index contributed by atoms with van der Waals surface area (Å²) in [6.45, 7) is 0.658. The highest BCUT2D eigenvalue weighted by molar-refractivity contribution is 5.95. The van der Waals surface area contributed by atoms with Crippen molar-refractivity contribution in [3.05, 3.63) is 17.5 Å². The molecular weight excluding hydrogens is 240 g/mol. The standard InChI is InChI=1S/C11H14N2O5/c1-17-6-7-5-8(12-18-7)10(14)13-4-2-3-9(13)11(15)16/h5,9H,2-4,6H2,1H3,(H,15,16). The summed E-state index contributed by atoms with van der Waals surface area (Å²) in [5, 5.41) is 12.6. The average molecular weight is 254 g/mol. The Morgan fingerprint density at radius 1 is 1.67 bits per heavy atom. The average Bonchev–Trinajstić information content (AvgIpc) is 2.96. The van der Waals surface area contributed by atoms with Crippen molar-refractivity contribution in [2.45, 2.75) is 25.5 Å². The van der Waals surface area contributed by atoms with E-state index in [1.807, 2.05) is 0 Å². The van der Waals surface area contributed by atoms with Crippen LogP contribution in [0.4, 0.5) is 0 Å². The summed E-state index contributed by atoms with van der Waals surface area (Å²) in [5.41, 5.74) is 0.121. The van der Waals surface area contributed by atoms with E-state index in [1.54, 1.807) is 0 Å². The van der Waals surface area contributed by atoms with Gasteiger partial charge in [-0.15, -0.1) is 0 Å². The number of aromatic nitrogens is 1. The number of aliphatic carboxylic acids is 1. The Morgan fingerprint density at radius 2 is 2.44 bits per heavy atom. The number of hydrogen-bond acceptors (Lipinski definition) is 5. The van der Waals surface area contributed by atoms with Crippen molar-refractivity contribution in [2.24, 2.45) is 0 Å². The first-order valence-electron chi connectivity index (χ1n) is 5.61. The van der Waals surface area contributed by atoms with Gasteiger partial charge in [-0.05, 0) is 12.8 Å². The molecule has 1 fully saturated rings. The van der Waals surface area contributed by atoms with E-state index in [2.05, 4.69) is 5.16 Å². The molecule has 7 heteroatoms. The lowest BCUT2D eigenvalue weighted by Gasteiger charge is -2.19. The zero-order chi connectivity index (χ0) is 13.1. The van der Waals surface area contributed by atoms with Crippen LogP contribution in [0.5, 0.6) is 0 Å². The zero-order valence-electron chi connectivity index (χ0n) is 9.96. The van der Waals surface area contributed by atoms with Crippen molar-refractivity contribution < 1.29 is 24.0 Å². The van der Waals surface area contributed by atoms with Gasteiger partial charge in [0.2, 0.25) is 0 Å². The second-order valence-corrected chi connectivity index (χ2v) is 4.11. The molecular formula is C11H14N2O5. The second kappa shape index (κ2) is 5.18. The van der Waals surface area contributed by atoms with Gasteiger partial charge in [-0.3, -0.25) is 4.79 Å². The van der Waals surface area contributed by atoms with Gasteiger partial charge < -0.3 is 19.3 Å². The summed E-state index contributed by atoms with van der Waals surface area (Å²) in [7, 11) is 1.50. The summed E-state index contributed by atoms with van der Waals surface area (Å²) < 4.78 is 9.76. The van der Waals surface area contributed by atoms with E-state index in [-0.39, 0.29) is 12.3 Å². The second-order valence-electron chi connectivity index (χ2n) is 4.11. The van der Waals surface area contributed by atoms with Gasteiger partial charge in [0.05, 0.1) is 0 Å². The lowest BCUT2D eigenvalue weighted by atomic mass is 10.2. The monoisotopic (exact) mass is 254 g/mol.